The van der Waals surface area contributed by atoms with Gasteiger partial charge in [0.25, 0.3) is 0 Å². The highest BCUT2D eigenvalue weighted by Gasteiger charge is 2.27. The molecule has 1 N–H and O–H groups in total. The summed E-state index contributed by atoms with van der Waals surface area (Å²) >= 11 is 0. The van der Waals surface area contributed by atoms with Gasteiger partial charge in [0, 0.05) is 6.54 Å². The van der Waals surface area contributed by atoms with E-state index in [1.807, 2.05) is 54.6 Å². The molecule has 0 saturated heterocycles. The Morgan fingerprint density at radius 1 is 1.28 bits per heavy atom. The maximum absolute atomic E-state index is 12.6. The largest absolute Gasteiger partial charge is 0.497 e. The normalized spacial score (nSPS) is 13.8. The van der Waals surface area contributed by atoms with Crippen molar-refractivity contribution in [2.75, 3.05) is 7.11 Å². The highest BCUT2D eigenvalue weighted by Crippen LogP contribution is 2.34. The number of rotatable bonds is 5. The van der Waals surface area contributed by atoms with Gasteiger partial charge in [-0.05, 0) is 47.2 Å². The molecule has 0 aromatic heterocycles. The molecular formula is C21H20N2O2. The van der Waals surface area contributed by atoms with Crippen molar-refractivity contribution in [3.63, 3.8) is 0 Å². The Balaban J connectivity index is 1.80. The molecule has 4 heteroatoms. The molecule has 2 aromatic carbocycles. The maximum atomic E-state index is 12.6. The standard InChI is InChI=1S/C21H20N2O2/c1-25-17-11-10-16-8-5-9-18(19(16)12-17)20(13-22)21(24)23-14-15-6-3-2-4-7-15/h2-4,6-7,9-12,20H,5,8,14H2,1H3,(H,23,24). The van der Waals surface area contributed by atoms with Crippen LogP contribution in [-0.2, 0) is 17.8 Å². The minimum atomic E-state index is -0.824. The Morgan fingerprint density at radius 2 is 2.08 bits per heavy atom. The van der Waals surface area contributed by atoms with Crippen LogP contribution in [0.15, 0.2) is 54.6 Å². The fourth-order valence-electron chi connectivity index (χ4n) is 3.09. The van der Waals surface area contributed by atoms with Crippen molar-refractivity contribution >= 4 is 11.5 Å². The smallest absolute Gasteiger partial charge is 0.242 e. The maximum Gasteiger partial charge on any atom is 0.242 e. The third kappa shape index (κ3) is 3.72. The average molecular weight is 332 g/mol. The molecular weight excluding hydrogens is 312 g/mol. The number of ether oxygens (including phenoxy) is 1. The van der Waals surface area contributed by atoms with Crippen LogP contribution in [0.2, 0.25) is 0 Å². The van der Waals surface area contributed by atoms with Crippen molar-refractivity contribution in [1.29, 1.82) is 5.26 Å². The number of hydrogen-bond donors (Lipinski definition) is 1. The number of allylic oxidation sites excluding steroid dienone is 1. The highest BCUT2D eigenvalue weighted by atomic mass is 16.5. The van der Waals surface area contributed by atoms with Crippen LogP contribution in [0.1, 0.15) is 23.1 Å². The molecule has 25 heavy (non-hydrogen) atoms. The second-order valence-electron chi connectivity index (χ2n) is 5.99. The molecule has 3 rings (SSSR count). The summed E-state index contributed by atoms with van der Waals surface area (Å²) in [6, 6.07) is 17.7. The van der Waals surface area contributed by atoms with E-state index in [2.05, 4.69) is 11.4 Å². The van der Waals surface area contributed by atoms with Gasteiger partial charge < -0.3 is 10.1 Å². The summed E-state index contributed by atoms with van der Waals surface area (Å²) in [4.78, 5) is 12.6. The predicted octanol–water partition coefficient (Wildman–Crippen LogP) is 3.48. The molecule has 1 unspecified atom stereocenters. The Hall–Kier alpha value is -3.06. The first-order chi connectivity index (χ1) is 12.2. The van der Waals surface area contributed by atoms with Crippen molar-refractivity contribution in [2.24, 2.45) is 5.92 Å². The van der Waals surface area contributed by atoms with E-state index in [9.17, 15) is 10.1 Å². The lowest BCUT2D eigenvalue weighted by molar-refractivity contribution is -0.122. The summed E-state index contributed by atoms with van der Waals surface area (Å²) in [6.45, 7) is 0.413. The quantitative estimate of drug-likeness (QED) is 0.912. The first-order valence-electron chi connectivity index (χ1n) is 8.31. The van der Waals surface area contributed by atoms with Gasteiger partial charge in [-0.25, -0.2) is 0 Å². The van der Waals surface area contributed by atoms with Gasteiger partial charge in [-0.3, -0.25) is 4.79 Å². The molecule has 0 spiro atoms. The van der Waals surface area contributed by atoms with E-state index in [-0.39, 0.29) is 5.91 Å². The van der Waals surface area contributed by atoms with Crippen molar-refractivity contribution in [1.82, 2.24) is 5.32 Å². The summed E-state index contributed by atoms with van der Waals surface area (Å²) in [5, 5.41) is 12.5. The van der Waals surface area contributed by atoms with Crippen LogP contribution in [0, 0.1) is 17.2 Å². The number of carbonyl (C=O) groups is 1. The van der Waals surface area contributed by atoms with Crippen molar-refractivity contribution < 1.29 is 9.53 Å². The van der Waals surface area contributed by atoms with Crippen LogP contribution < -0.4 is 10.1 Å². The zero-order valence-corrected chi connectivity index (χ0v) is 14.2. The van der Waals surface area contributed by atoms with Crippen molar-refractivity contribution in [2.45, 2.75) is 19.4 Å². The number of nitrogens with one attached hydrogen (secondary N) is 1. The molecule has 1 atom stereocenters. The van der Waals surface area contributed by atoms with Gasteiger partial charge in [-0.1, -0.05) is 42.5 Å². The zero-order valence-electron chi connectivity index (χ0n) is 14.2. The molecule has 4 nitrogen and oxygen atoms in total. The molecule has 1 aliphatic carbocycles. The van der Waals surface area contributed by atoms with Gasteiger partial charge in [0.15, 0.2) is 5.92 Å². The van der Waals surface area contributed by atoms with Crippen molar-refractivity contribution in [3.05, 3.63) is 71.3 Å². The predicted molar refractivity (Wildman–Crippen MR) is 96.7 cm³/mol. The third-order valence-electron chi connectivity index (χ3n) is 4.42. The highest BCUT2D eigenvalue weighted by molar-refractivity contribution is 5.95. The van der Waals surface area contributed by atoms with Gasteiger partial charge in [0.05, 0.1) is 13.2 Å². The number of fused-ring (bicyclic) bond motifs is 1. The van der Waals surface area contributed by atoms with E-state index in [4.69, 9.17) is 4.74 Å². The first-order valence-corrected chi connectivity index (χ1v) is 8.31. The van der Waals surface area contributed by atoms with E-state index < -0.39 is 5.92 Å². The molecule has 0 aliphatic heterocycles. The summed E-state index contributed by atoms with van der Waals surface area (Å²) < 4.78 is 5.30. The Labute approximate surface area is 147 Å². The van der Waals surface area contributed by atoms with Crippen LogP contribution >= 0.6 is 0 Å². The molecule has 0 heterocycles. The number of nitrogens with zero attached hydrogens (tertiary/aromatic N) is 1. The van der Waals surface area contributed by atoms with Crippen LogP contribution in [-0.4, -0.2) is 13.0 Å². The van der Waals surface area contributed by atoms with E-state index in [1.54, 1.807) is 7.11 Å². The van der Waals surface area contributed by atoms with Gasteiger partial charge in [0.1, 0.15) is 5.75 Å². The molecule has 0 bridgehead atoms. The topological polar surface area (TPSA) is 62.1 Å². The second-order valence-corrected chi connectivity index (χ2v) is 5.99. The van der Waals surface area contributed by atoms with Crippen molar-refractivity contribution in [3.8, 4) is 11.8 Å². The van der Waals surface area contributed by atoms with Crippen LogP contribution in [0.5, 0.6) is 5.75 Å². The number of benzene rings is 2. The first kappa shape index (κ1) is 16.8. The van der Waals surface area contributed by atoms with E-state index in [1.165, 1.54) is 0 Å². The molecule has 0 saturated carbocycles. The fraction of sp³-hybridized carbons (Fsp3) is 0.238. The minimum Gasteiger partial charge on any atom is -0.497 e. The molecule has 126 valence electrons. The Morgan fingerprint density at radius 3 is 2.80 bits per heavy atom. The number of carbonyl (C=O) groups excluding carboxylic acids is 1. The average Bonchev–Trinajstić information content (AvgIpc) is 2.67. The van der Waals surface area contributed by atoms with E-state index in [0.717, 1.165) is 40.9 Å². The Bertz CT molecular complexity index is 835. The number of hydrogen-bond acceptors (Lipinski definition) is 3. The number of methoxy groups -OCH3 is 1. The molecule has 1 amide bonds. The molecule has 2 aromatic rings. The zero-order chi connectivity index (χ0) is 17.6. The fourth-order valence-corrected chi connectivity index (χ4v) is 3.09. The summed E-state index contributed by atoms with van der Waals surface area (Å²) in [7, 11) is 1.61. The molecule has 0 fully saturated rings. The van der Waals surface area contributed by atoms with Gasteiger partial charge in [-0.15, -0.1) is 0 Å². The lowest BCUT2D eigenvalue weighted by Gasteiger charge is -2.21. The minimum absolute atomic E-state index is 0.270. The molecule has 1 aliphatic rings. The van der Waals surface area contributed by atoms with Gasteiger partial charge in [0.2, 0.25) is 5.91 Å². The van der Waals surface area contributed by atoms with Crippen LogP contribution in [0.4, 0.5) is 0 Å². The second kappa shape index (κ2) is 7.67. The van der Waals surface area contributed by atoms with E-state index in [0.29, 0.717) is 6.54 Å². The third-order valence-corrected chi connectivity index (χ3v) is 4.42. The monoisotopic (exact) mass is 332 g/mol. The number of amides is 1. The lowest BCUT2D eigenvalue weighted by Crippen LogP contribution is -2.30. The van der Waals surface area contributed by atoms with E-state index >= 15 is 0 Å². The summed E-state index contributed by atoms with van der Waals surface area (Å²) in [5.41, 5.74) is 3.86. The van der Waals surface area contributed by atoms with Gasteiger partial charge in [-0.2, -0.15) is 5.26 Å². The SMILES string of the molecule is COc1ccc2c(c1)C(C(C#N)C(=O)NCc1ccccc1)=CCC2. The summed E-state index contributed by atoms with van der Waals surface area (Å²) in [6.07, 6.45) is 3.74. The van der Waals surface area contributed by atoms with Crippen LogP contribution in [0.25, 0.3) is 5.57 Å². The lowest BCUT2D eigenvalue weighted by atomic mass is 9.83. The van der Waals surface area contributed by atoms with Gasteiger partial charge >= 0.3 is 0 Å². The summed E-state index contributed by atoms with van der Waals surface area (Å²) in [5.74, 6) is -0.365. The number of aryl methyl sites for hydroxylation is 1. The van der Waals surface area contributed by atoms with Crippen LogP contribution in [0.3, 0.4) is 0 Å². The Kier molecular flexibility index (Phi) is 5.15. The number of nitriles is 1. The molecule has 0 radical (unpaired) electrons.